The first kappa shape index (κ1) is 19.6. The van der Waals surface area contributed by atoms with Gasteiger partial charge in [-0.1, -0.05) is 19.0 Å². The van der Waals surface area contributed by atoms with E-state index < -0.39 is 5.41 Å². The van der Waals surface area contributed by atoms with Crippen LogP contribution in [0.25, 0.3) is 0 Å². The van der Waals surface area contributed by atoms with E-state index in [9.17, 15) is 9.59 Å². The summed E-state index contributed by atoms with van der Waals surface area (Å²) in [7, 11) is 0. The number of carbonyl (C=O) groups excluding carboxylic acids is 2. The summed E-state index contributed by atoms with van der Waals surface area (Å²) < 4.78 is 7.26. The highest BCUT2D eigenvalue weighted by atomic mass is 16.5. The molecule has 3 heterocycles. The average molecular weight is 400 g/mol. The summed E-state index contributed by atoms with van der Waals surface area (Å²) in [5, 5.41) is 11.3. The summed E-state index contributed by atoms with van der Waals surface area (Å²) in [5.41, 5.74) is 0.151. The SMILES string of the molecule is CCn1nccc1C(=O)N[C@@H]1C[C@H]2CN(C(=O)C(C)C)C[C@@]2(c2nc(C)no2)C1. The fourth-order valence-corrected chi connectivity index (χ4v) is 4.88. The molecule has 29 heavy (non-hydrogen) atoms. The van der Waals surface area contributed by atoms with E-state index in [1.54, 1.807) is 23.9 Å². The smallest absolute Gasteiger partial charge is 0.269 e. The van der Waals surface area contributed by atoms with Crippen molar-refractivity contribution in [3.05, 3.63) is 29.7 Å². The fraction of sp³-hybridized carbons (Fsp3) is 0.650. The fourth-order valence-electron chi connectivity index (χ4n) is 4.88. The molecule has 2 fully saturated rings. The highest BCUT2D eigenvalue weighted by molar-refractivity contribution is 5.92. The van der Waals surface area contributed by atoms with E-state index in [1.807, 2.05) is 25.7 Å². The molecule has 0 bridgehead atoms. The molecule has 2 aromatic rings. The number of fused-ring (bicyclic) bond motifs is 1. The van der Waals surface area contributed by atoms with E-state index in [-0.39, 0.29) is 29.7 Å². The monoisotopic (exact) mass is 400 g/mol. The van der Waals surface area contributed by atoms with Gasteiger partial charge in [0.2, 0.25) is 11.8 Å². The number of nitrogens with zero attached hydrogens (tertiary/aromatic N) is 5. The van der Waals surface area contributed by atoms with Crippen LogP contribution in [0.4, 0.5) is 0 Å². The second-order valence-corrected chi connectivity index (χ2v) is 8.52. The summed E-state index contributed by atoms with van der Waals surface area (Å²) in [4.78, 5) is 31.8. The minimum Gasteiger partial charge on any atom is -0.348 e. The van der Waals surface area contributed by atoms with Crippen LogP contribution < -0.4 is 5.32 Å². The van der Waals surface area contributed by atoms with Gasteiger partial charge < -0.3 is 14.7 Å². The molecule has 1 saturated carbocycles. The summed E-state index contributed by atoms with van der Waals surface area (Å²) in [5.74, 6) is 1.30. The van der Waals surface area contributed by atoms with Gasteiger partial charge in [0.05, 0.1) is 5.41 Å². The van der Waals surface area contributed by atoms with Crippen LogP contribution in [0.5, 0.6) is 0 Å². The van der Waals surface area contributed by atoms with Crippen LogP contribution in [0, 0.1) is 18.8 Å². The van der Waals surface area contributed by atoms with Crippen molar-refractivity contribution < 1.29 is 14.1 Å². The Morgan fingerprint density at radius 2 is 2.21 bits per heavy atom. The number of aryl methyl sites for hydroxylation is 2. The van der Waals surface area contributed by atoms with Crippen molar-refractivity contribution in [2.24, 2.45) is 11.8 Å². The lowest BCUT2D eigenvalue weighted by molar-refractivity contribution is -0.133. The van der Waals surface area contributed by atoms with Gasteiger partial charge in [0.25, 0.3) is 5.91 Å². The van der Waals surface area contributed by atoms with Gasteiger partial charge in [-0.05, 0) is 38.7 Å². The maximum atomic E-state index is 12.8. The third-order valence-corrected chi connectivity index (χ3v) is 6.22. The molecule has 0 radical (unpaired) electrons. The number of carbonyl (C=O) groups is 2. The summed E-state index contributed by atoms with van der Waals surface area (Å²) in [6.45, 7) is 9.43. The first-order chi connectivity index (χ1) is 13.8. The molecule has 9 nitrogen and oxygen atoms in total. The third-order valence-electron chi connectivity index (χ3n) is 6.22. The lowest BCUT2D eigenvalue weighted by Gasteiger charge is -2.26. The first-order valence-electron chi connectivity index (χ1n) is 10.3. The highest BCUT2D eigenvalue weighted by Gasteiger charge is 2.58. The normalized spacial score (nSPS) is 26.2. The molecule has 1 aliphatic carbocycles. The highest BCUT2D eigenvalue weighted by Crippen LogP contribution is 2.50. The quantitative estimate of drug-likeness (QED) is 0.816. The zero-order chi connectivity index (χ0) is 20.8. The lowest BCUT2D eigenvalue weighted by atomic mass is 9.80. The summed E-state index contributed by atoms with van der Waals surface area (Å²) in [6, 6.07) is 1.71. The molecule has 2 amide bonds. The van der Waals surface area contributed by atoms with Crippen molar-refractivity contribution in [3.63, 3.8) is 0 Å². The molecular formula is C20H28N6O3. The van der Waals surface area contributed by atoms with E-state index in [0.717, 1.165) is 6.42 Å². The number of amides is 2. The largest absolute Gasteiger partial charge is 0.348 e. The van der Waals surface area contributed by atoms with E-state index in [4.69, 9.17) is 4.52 Å². The van der Waals surface area contributed by atoms with Gasteiger partial charge in [-0.2, -0.15) is 10.1 Å². The lowest BCUT2D eigenvalue weighted by Crippen LogP contribution is -2.40. The van der Waals surface area contributed by atoms with E-state index in [0.29, 0.717) is 43.5 Å². The predicted molar refractivity (Wildman–Crippen MR) is 104 cm³/mol. The molecule has 1 aliphatic heterocycles. The molecule has 1 saturated heterocycles. The van der Waals surface area contributed by atoms with E-state index in [2.05, 4.69) is 20.6 Å². The number of aromatic nitrogens is 4. The van der Waals surface area contributed by atoms with Gasteiger partial charge in [0, 0.05) is 37.8 Å². The van der Waals surface area contributed by atoms with Gasteiger partial charge in [0.15, 0.2) is 5.82 Å². The van der Waals surface area contributed by atoms with Gasteiger partial charge in [0.1, 0.15) is 5.69 Å². The Hall–Kier alpha value is -2.71. The Balaban J connectivity index is 1.56. The maximum absolute atomic E-state index is 12.8. The number of likely N-dealkylation sites (tertiary alicyclic amines) is 1. The molecular weight excluding hydrogens is 372 g/mol. The summed E-state index contributed by atoms with van der Waals surface area (Å²) in [6.07, 6.45) is 3.09. The number of hydrogen-bond donors (Lipinski definition) is 1. The van der Waals surface area contributed by atoms with Crippen LogP contribution in [0.3, 0.4) is 0 Å². The predicted octanol–water partition coefficient (Wildman–Crippen LogP) is 1.54. The van der Waals surface area contributed by atoms with E-state index >= 15 is 0 Å². The van der Waals surface area contributed by atoms with Crippen LogP contribution in [0.1, 0.15) is 55.8 Å². The molecule has 2 aliphatic rings. The van der Waals surface area contributed by atoms with Crippen LogP contribution in [-0.4, -0.2) is 55.8 Å². The Morgan fingerprint density at radius 3 is 2.86 bits per heavy atom. The minimum atomic E-state index is -0.408. The second kappa shape index (κ2) is 7.27. The molecule has 9 heteroatoms. The van der Waals surface area contributed by atoms with Crippen LogP contribution in [0.2, 0.25) is 0 Å². The topological polar surface area (TPSA) is 106 Å². The van der Waals surface area contributed by atoms with Gasteiger partial charge in [-0.25, -0.2) is 0 Å². The standard InChI is InChI=1S/C20H28N6O3/c1-5-26-16(6-7-21-26)17(27)23-15-8-14-10-25(18(28)12(2)3)11-20(14,9-15)19-22-13(4)24-29-19/h6-7,12,14-15H,5,8-11H2,1-4H3,(H,23,27)/t14-,15+,20-/m0/s1. The minimum absolute atomic E-state index is 0.0174. The van der Waals surface area contributed by atoms with Crippen molar-refractivity contribution in [1.82, 2.24) is 30.1 Å². The van der Waals surface area contributed by atoms with Crippen molar-refractivity contribution in [3.8, 4) is 0 Å². The zero-order valence-electron chi connectivity index (χ0n) is 17.4. The first-order valence-corrected chi connectivity index (χ1v) is 10.3. The van der Waals surface area contributed by atoms with Crippen LogP contribution >= 0.6 is 0 Å². The Kier molecular flexibility index (Phi) is 4.92. The van der Waals surface area contributed by atoms with Gasteiger partial charge >= 0.3 is 0 Å². The number of nitrogens with one attached hydrogen (secondary N) is 1. The number of rotatable bonds is 5. The Labute approximate surface area is 169 Å². The third kappa shape index (κ3) is 3.32. The summed E-state index contributed by atoms with van der Waals surface area (Å²) >= 11 is 0. The van der Waals surface area contributed by atoms with E-state index in [1.165, 1.54) is 0 Å². The molecule has 156 valence electrons. The van der Waals surface area contributed by atoms with Gasteiger partial charge in [-0.15, -0.1) is 0 Å². The second-order valence-electron chi connectivity index (χ2n) is 8.52. The molecule has 1 N–H and O–H groups in total. The van der Waals surface area contributed by atoms with Crippen molar-refractivity contribution >= 4 is 11.8 Å². The maximum Gasteiger partial charge on any atom is 0.269 e. The van der Waals surface area contributed by atoms with Crippen molar-refractivity contribution in [1.29, 1.82) is 0 Å². The Bertz CT molecular complexity index is 919. The molecule has 4 rings (SSSR count). The molecule has 0 aromatic carbocycles. The van der Waals surface area contributed by atoms with Gasteiger partial charge in [-0.3, -0.25) is 14.3 Å². The molecule has 3 atom stereocenters. The molecule has 2 aromatic heterocycles. The molecule has 0 unspecified atom stereocenters. The average Bonchev–Trinajstić information content (AvgIpc) is 3.42. The zero-order valence-corrected chi connectivity index (χ0v) is 17.4. The van der Waals surface area contributed by atoms with Crippen molar-refractivity contribution in [2.45, 2.75) is 58.5 Å². The molecule has 0 spiro atoms. The van der Waals surface area contributed by atoms with Crippen molar-refractivity contribution in [2.75, 3.05) is 13.1 Å². The van der Waals surface area contributed by atoms with Crippen LogP contribution in [-0.2, 0) is 16.8 Å². The van der Waals surface area contributed by atoms with Crippen LogP contribution in [0.15, 0.2) is 16.8 Å². The Morgan fingerprint density at radius 1 is 1.41 bits per heavy atom. The number of hydrogen-bond acceptors (Lipinski definition) is 6.